The number of amides is 1. The van der Waals surface area contributed by atoms with Crippen molar-refractivity contribution < 1.29 is 9.53 Å². The molecule has 2 atom stereocenters. The van der Waals surface area contributed by atoms with Gasteiger partial charge in [0.05, 0.1) is 18.2 Å². The molecule has 150 valence electrons. The summed E-state index contributed by atoms with van der Waals surface area (Å²) >= 11 is 0. The molecule has 4 rings (SSSR count). The number of nitrogens with one attached hydrogen (secondary N) is 1. The average molecular weight is 385 g/mol. The maximum Gasteiger partial charge on any atom is 0.226 e. The van der Waals surface area contributed by atoms with Crippen LogP contribution in [-0.4, -0.2) is 72.1 Å². The third-order valence-corrected chi connectivity index (χ3v) is 5.63. The summed E-state index contributed by atoms with van der Waals surface area (Å²) in [6.45, 7) is 1.36. The summed E-state index contributed by atoms with van der Waals surface area (Å²) in [6.07, 6.45) is 7.09. The quantitative estimate of drug-likeness (QED) is 0.783. The molecule has 9 nitrogen and oxygen atoms in total. The molecule has 1 amide bonds. The molecular weight excluding hydrogens is 358 g/mol. The Bertz CT molecular complexity index is 804. The molecule has 1 aliphatic heterocycles. The predicted octanol–water partition coefficient (Wildman–Crippen LogP) is 0.710. The van der Waals surface area contributed by atoms with Gasteiger partial charge < -0.3 is 19.9 Å². The van der Waals surface area contributed by atoms with E-state index in [1.807, 2.05) is 42.0 Å². The van der Waals surface area contributed by atoms with Crippen molar-refractivity contribution in [1.82, 2.24) is 25.1 Å². The molecule has 1 saturated heterocycles. The lowest BCUT2D eigenvalue weighted by atomic mass is 9.79. The number of rotatable bonds is 6. The van der Waals surface area contributed by atoms with Crippen LogP contribution < -0.4 is 15.1 Å². The van der Waals surface area contributed by atoms with Crippen molar-refractivity contribution in [2.75, 3.05) is 44.1 Å². The van der Waals surface area contributed by atoms with Crippen LogP contribution in [0.2, 0.25) is 0 Å². The third kappa shape index (κ3) is 3.66. The smallest absolute Gasteiger partial charge is 0.226 e. The maximum absolute atomic E-state index is 12.7. The number of aromatic nitrogens is 4. The van der Waals surface area contributed by atoms with Crippen LogP contribution in [0.1, 0.15) is 18.9 Å². The fourth-order valence-electron chi connectivity index (χ4n) is 3.88. The number of carbonyl (C=O) groups excluding carboxylic acids is 1. The predicted molar refractivity (Wildman–Crippen MR) is 105 cm³/mol. The van der Waals surface area contributed by atoms with Crippen molar-refractivity contribution in [2.24, 2.45) is 5.92 Å². The second-order valence-electron chi connectivity index (χ2n) is 7.71. The van der Waals surface area contributed by atoms with E-state index >= 15 is 0 Å². The number of methoxy groups -OCH3 is 1. The first-order chi connectivity index (χ1) is 13.5. The Morgan fingerprint density at radius 1 is 1.29 bits per heavy atom. The lowest BCUT2D eigenvalue weighted by molar-refractivity contribution is -0.130. The highest BCUT2D eigenvalue weighted by Crippen LogP contribution is 2.37. The molecule has 0 spiro atoms. The first kappa shape index (κ1) is 18.7. The number of ether oxygens (including phenoxy) is 1. The Hall–Kier alpha value is -2.68. The van der Waals surface area contributed by atoms with Gasteiger partial charge in [-0.2, -0.15) is 10.1 Å². The molecule has 9 heteroatoms. The normalized spacial score (nSPS) is 26.8. The van der Waals surface area contributed by atoms with Gasteiger partial charge in [0, 0.05) is 58.8 Å². The standard InChI is InChI=1S/C19H27N7O2/c1-24(2)19-20-7-5-17(23-19)25-11-15(16(12-25)28-3)22-18(27)13-9-14(10-13)26-8-4-6-21-26/h4-8,13-16H,9-12H2,1-3H3,(H,22,27)/t13?,14?,15-,16+/m0/s1. The minimum Gasteiger partial charge on any atom is -0.377 e. The van der Waals surface area contributed by atoms with Crippen LogP contribution in [0.5, 0.6) is 0 Å². The summed E-state index contributed by atoms with van der Waals surface area (Å²) in [4.78, 5) is 25.6. The average Bonchev–Trinajstić information content (AvgIpc) is 3.30. The van der Waals surface area contributed by atoms with Crippen molar-refractivity contribution in [3.05, 3.63) is 30.7 Å². The summed E-state index contributed by atoms with van der Waals surface area (Å²) in [5, 5.41) is 7.46. The van der Waals surface area contributed by atoms with Crippen molar-refractivity contribution in [1.29, 1.82) is 0 Å². The Labute approximate surface area is 164 Å². The largest absolute Gasteiger partial charge is 0.377 e. The van der Waals surface area contributed by atoms with Gasteiger partial charge in [-0.1, -0.05) is 0 Å². The Morgan fingerprint density at radius 2 is 2.11 bits per heavy atom. The maximum atomic E-state index is 12.7. The molecule has 0 unspecified atom stereocenters. The Kier molecular flexibility index (Phi) is 5.17. The summed E-state index contributed by atoms with van der Waals surface area (Å²) in [6, 6.07) is 4.08. The van der Waals surface area contributed by atoms with E-state index in [0.717, 1.165) is 18.7 Å². The minimum absolute atomic E-state index is 0.0418. The second-order valence-corrected chi connectivity index (χ2v) is 7.71. The zero-order chi connectivity index (χ0) is 19.7. The topological polar surface area (TPSA) is 88.4 Å². The van der Waals surface area contributed by atoms with E-state index in [9.17, 15) is 4.79 Å². The van der Waals surface area contributed by atoms with Crippen LogP contribution >= 0.6 is 0 Å². The molecule has 3 heterocycles. The molecule has 2 aromatic heterocycles. The van der Waals surface area contributed by atoms with E-state index in [1.54, 1.807) is 19.5 Å². The molecule has 1 saturated carbocycles. The number of nitrogens with zero attached hydrogens (tertiary/aromatic N) is 6. The fraction of sp³-hybridized carbons (Fsp3) is 0.579. The van der Waals surface area contributed by atoms with Gasteiger partial charge in [0.15, 0.2) is 0 Å². The summed E-state index contributed by atoms with van der Waals surface area (Å²) in [5.41, 5.74) is 0. The first-order valence-electron chi connectivity index (χ1n) is 9.62. The lowest BCUT2D eigenvalue weighted by Crippen LogP contribution is -2.48. The molecule has 2 aromatic rings. The number of hydrogen-bond donors (Lipinski definition) is 1. The van der Waals surface area contributed by atoms with Crippen LogP contribution in [0.15, 0.2) is 30.7 Å². The third-order valence-electron chi connectivity index (χ3n) is 5.63. The summed E-state index contributed by atoms with van der Waals surface area (Å²) < 4.78 is 7.58. The van der Waals surface area contributed by atoms with Crippen molar-refractivity contribution in [2.45, 2.75) is 31.0 Å². The number of hydrogen-bond acceptors (Lipinski definition) is 7. The molecule has 2 aliphatic rings. The highest BCUT2D eigenvalue weighted by molar-refractivity contribution is 5.80. The molecule has 2 fully saturated rings. The highest BCUT2D eigenvalue weighted by atomic mass is 16.5. The first-order valence-corrected chi connectivity index (χ1v) is 9.62. The van der Waals surface area contributed by atoms with Crippen LogP contribution in [0, 0.1) is 5.92 Å². The van der Waals surface area contributed by atoms with Crippen LogP contribution in [0.4, 0.5) is 11.8 Å². The Morgan fingerprint density at radius 3 is 2.79 bits per heavy atom. The summed E-state index contributed by atoms with van der Waals surface area (Å²) in [5.74, 6) is 1.66. The molecule has 0 bridgehead atoms. The van der Waals surface area contributed by atoms with Crippen LogP contribution in [0.3, 0.4) is 0 Å². The van der Waals surface area contributed by atoms with Crippen LogP contribution in [-0.2, 0) is 9.53 Å². The number of anilines is 2. The van der Waals surface area contributed by atoms with E-state index in [-0.39, 0.29) is 24.0 Å². The fourth-order valence-corrected chi connectivity index (χ4v) is 3.88. The van der Waals surface area contributed by atoms with Gasteiger partial charge in [-0.3, -0.25) is 9.48 Å². The SMILES string of the molecule is CO[C@@H]1CN(c2ccnc(N(C)C)n2)C[C@@H]1NC(=O)C1CC(n2cccn2)C1. The van der Waals surface area contributed by atoms with Crippen LogP contribution in [0.25, 0.3) is 0 Å². The van der Waals surface area contributed by atoms with Gasteiger partial charge in [0.2, 0.25) is 11.9 Å². The highest BCUT2D eigenvalue weighted by Gasteiger charge is 2.40. The molecule has 1 aliphatic carbocycles. The van der Waals surface area contributed by atoms with Gasteiger partial charge >= 0.3 is 0 Å². The molecular formula is C19H27N7O2. The van der Waals surface area contributed by atoms with Gasteiger partial charge in [-0.25, -0.2) is 4.98 Å². The van der Waals surface area contributed by atoms with E-state index in [2.05, 4.69) is 25.3 Å². The minimum atomic E-state index is -0.0660. The van der Waals surface area contributed by atoms with Gasteiger partial charge in [-0.05, 0) is 25.0 Å². The van der Waals surface area contributed by atoms with Crippen molar-refractivity contribution in [3.63, 3.8) is 0 Å². The van der Waals surface area contributed by atoms with Crippen molar-refractivity contribution >= 4 is 17.7 Å². The Balaban J connectivity index is 1.36. The molecule has 28 heavy (non-hydrogen) atoms. The van der Waals surface area contributed by atoms with E-state index in [1.165, 1.54) is 0 Å². The van der Waals surface area contributed by atoms with E-state index in [0.29, 0.717) is 25.1 Å². The van der Waals surface area contributed by atoms with Gasteiger partial charge in [0.25, 0.3) is 0 Å². The molecule has 1 N–H and O–H groups in total. The van der Waals surface area contributed by atoms with Gasteiger partial charge in [0.1, 0.15) is 5.82 Å². The van der Waals surface area contributed by atoms with Crippen molar-refractivity contribution in [3.8, 4) is 0 Å². The monoisotopic (exact) mass is 385 g/mol. The molecule has 0 aromatic carbocycles. The molecule has 0 radical (unpaired) electrons. The lowest BCUT2D eigenvalue weighted by Gasteiger charge is -2.35. The van der Waals surface area contributed by atoms with E-state index < -0.39 is 0 Å². The zero-order valence-electron chi connectivity index (χ0n) is 16.5. The summed E-state index contributed by atoms with van der Waals surface area (Å²) in [7, 11) is 5.52. The van der Waals surface area contributed by atoms with E-state index in [4.69, 9.17) is 4.74 Å². The second kappa shape index (κ2) is 7.75. The van der Waals surface area contributed by atoms with Gasteiger partial charge in [-0.15, -0.1) is 0 Å². The number of carbonyl (C=O) groups is 1. The zero-order valence-corrected chi connectivity index (χ0v) is 16.5.